The molecular weight excluding hydrogens is 745 g/mol. The predicted molar refractivity (Wildman–Crippen MR) is 249 cm³/mol. The van der Waals surface area contributed by atoms with Crippen molar-refractivity contribution in [3.8, 4) is 22.5 Å². The SMILES string of the molecule is C1=CC2=C(c3nc(Cc4ccccc4)nc(-c4cccc5c(-c6cc7cccnc7c7ncccc67)cccc45)n3)C=CCC2C(c2cc3ccccc3c3ncccc23)=C1. The quantitative estimate of drug-likeness (QED) is 0.156. The van der Waals surface area contributed by atoms with E-state index in [2.05, 4.69) is 146 Å². The minimum atomic E-state index is 0.119. The molecule has 1 atom stereocenters. The van der Waals surface area contributed by atoms with Gasteiger partial charge < -0.3 is 0 Å². The fraction of sp³-hybridized carbons (Fsp3) is 0.0545. The summed E-state index contributed by atoms with van der Waals surface area (Å²) in [5, 5.41) is 7.81. The number of hydrogen-bond acceptors (Lipinski definition) is 6. The van der Waals surface area contributed by atoms with Crippen molar-refractivity contribution >= 4 is 65.4 Å². The van der Waals surface area contributed by atoms with E-state index in [1.807, 2.05) is 42.9 Å². The third-order valence-corrected chi connectivity index (χ3v) is 12.2. The molecule has 4 aromatic heterocycles. The van der Waals surface area contributed by atoms with Crippen LogP contribution in [0.25, 0.3) is 87.9 Å². The average Bonchev–Trinajstić information content (AvgIpc) is 3.33. The highest BCUT2D eigenvalue weighted by Crippen LogP contribution is 2.45. The molecule has 6 aromatic carbocycles. The fourth-order valence-corrected chi connectivity index (χ4v) is 9.49. The molecule has 2 aliphatic rings. The summed E-state index contributed by atoms with van der Waals surface area (Å²) >= 11 is 0. The van der Waals surface area contributed by atoms with Crippen LogP contribution in [0.5, 0.6) is 0 Å². The highest BCUT2D eigenvalue weighted by atomic mass is 15.0. The van der Waals surface area contributed by atoms with Crippen LogP contribution < -0.4 is 0 Å². The van der Waals surface area contributed by atoms with Gasteiger partial charge in [0.1, 0.15) is 5.82 Å². The highest BCUT2D eigenvalue weighted by Gasteiger charge is 2.29. The summed E-state index contributed by atoms with van der Waals surface area (Å²) in [6, 6.07) is 49.0. The molecule has 1 unspecified atom stereocenters. The van der Waals surface area contributed by atoms with E-state index in [0.29, 0.717) is 18.1 Å². The van der Waals surface area contributed by atoms with E-state index >= 15 is 0 Å². The van der Waals surface area contributed by atoms with Crippen LogP contribution in [-0.2, 0) is 6.42 Å². The van der Waals surface area contributed by atoms with E-state index in [9.17, 15) is 0 Å². The molecule has 0 fully saturated rings. The molecule has 61 heavy (non-hydrogen) atoms. The fourth-order valence-electron chi connectivity index (χ4n) is 9.49. The van der Waals surface area contributed by atoms with E-state index in [0.717, 1.165) is 88.9 Å². The van der Waals surface area contributed by atoms with Crippen molar-refractivity contribution in [3.05, 3.63) is 217 Å². The van der Waals surface area contributed by atoms with Crippen molar-refractivity contribution in [3.63, 3.8) is 0 Å². The van der Waals surface area contributed by atoms with Crippen molar-refractivity contribution in [2.24, 2.45) is 5.92 Å². The van der Waals surface area contributed by atoms with Gasteiger partial charge in [0.25, 0.3) is 0 Å². The zero-order valence-electron chi connectivity index (χ0n) is 33.1. The zero-order chi connectivity index (χ0) is 40.3. The van der Waals surface area contributed by atoms with Gasteiger partial charge >= 0.3 is 0 Å². The second-order valence-electron chi connectivity index (χ2n) is 15.8. The van der Waals surface area contributed by atoms with Gasteiger partial charge in [-0.1, -0.05) is 140 Å². The Kier molecular flexibility index (Phi) is 8.27. The van der Waals surface area contributed by atoms with E-state index in [1.54, 1.807) is 0 Å². The molecule has 2 aliphatic carbocycles. The number of allylic oxidation sites excluding steroid dienone is 8. The first-order chi connectivity index (χ1) is 30.2. The molecular formula is C55H36N6. The molecule has 12 rings (SSSR count). The van der Waals surface area contributed by atoms with Crippen LogP contribution >= 0.6 is 0 Å². The van der Waals surface area contributed by atoms with Gasteiger partial charge in [0.2, 0.25) is 0 Å². The molecule has 0 saturated carbocycles. The van der Waals surface area contributed by atoms with Crippen molar-refractivity contribution in [2.45, 2.75) is 12.8 Å². The number of pyridine rings is 3. The number of nitrogens with zero attached hydrogens (tertiary/aromatic N) is 6. The number of rotatable bonds is 6. The summed E-state index contributed by atoms with van der Waals surface area (Å²) in [6.07, 6.45) is 18.2. The molecule has 6 heteroatoms. The minimum Gasteiger partial charge on any atom is -0.256 e. The summed E-state index contributed by atoms with van der Waals surface area (Å²) in [4.78, 5) is 30.3. The van der Waals surface area contributed by atoms with Crippen molar-refractivity contribution in [1.82, 2.24) is 29.9 Å². The maximum Gasteiger partial charge on any atom is 0.164 e. The molecule has 0 amide bonds. The maximum atomic E-state index is 5.38. The predicted octanol–water partition coefficient (Wildman–Crippen LogP) is 12.7. The Balaban J connectivity index is 1.03. The van der Waals surface area contributed by atoms with Crippen LogP contribution in [0.3, 0.4) is 0 Å². The third-order valence-electron chi connectivity index (χ3n) is 12.2. The van der Waals surface area contributed by atoms with Gasteiger partial charge in [0.05, 0.1) is 16.6 Å². The van der Waals surface area contributed by atoms with Crippen LogP contribution in [0, 0.1) is 5.92 Å². The first-order valence-corrected chi connectivity index (χ1v) is 20.8. The lowest BCUT2D eigenvalue weighted by molar-refractivity contribution is 0.801. The van der Waals surface area contributed by atoms with Crippen LogP contribution in [0.4, 0.5) is 0 Å². The lowest BCUT2D eigenvalue weighted by atomic mass is 9.75. The molecule has 0 spiro atoms. The minimum absolute atomic E-state index is 0.119. The Morgan fingerprint density at radius 3 is 2.00 bits per heavy atom. The number of aromatic nitrogens is 6. The summed E-state index contributed by atoms with van der Waals surface area (Å²) in [5.74, 6) is 2.17. The van der Waals surface area contributed by atoms with Crippen molar-refractivity contribution < 1.29 is 0 Å². The van der Waals surface area contributed by atoms with Gasteiger partial charge in [0.15, 0.2) is 11.6 Å². The smallest absolute Gasteiger partial charge is 0.164 e. The van der Waals surface area contributed by atoms with Gasteiger partial charge in [-0.25, -0.2) is 15.0 Å². The van der Waals surface area contributed by atoms with E-state index < -0.39 is 0 Å². The number of benzene rings is 6. The second-order valence-corrected chi connectivity index (χ2v) is 15.8. The first kappa shape index (κ1) is 35.0. The second kappa shape index (κ2) is 14.4. The van der Waals surface area contributed by atoms with Crippen molar-refractivity contribution in [1.29, 1.82) is 0 Å². The monoisotopic (exact) mass is 780 g/mol. The lowest BCUT2D eigenvalue weighted by Gasteiger charge is -2.29. The van der Waals surface area contributed by atoms with Gasteiger partial charge in [0, 0.05) is 63.6 Å². The number of hydrogen-bond donors (Lipinski definition) is 0. The lowest BCUT2D eigenvalue weighted by Crippen LogP contribution is -2.15. The molecule has 0 saturated heterocycles. The summed E-state index contributed by atoms with van der Waals surface area (Å²) < 4.78 is 0. The highest BCUT2D eigenvalue weighted by molar-refractivity contribution is 6.15. The molecule has 6 nitrogen and oxygen atoms in total. The molecule has 0 N–H and O–H groups in total. The summed E-state index contributed by atoms with van der Waals surface area (Å²) in [6.45, 7) is 0. The Morgan fingerprint density at radius 1 is 0.475 bits per heavy atom. The molecule has 10 aromatic rings. The Hall–Kier alpha value is -7.96. The molecule has 4 heterocycles. The Morgan fingerprint density at radius 2 is 1.13 bits per heavy atom. The molecule has 286 valence electrons. The average molecular weight is 781 g/mol. The van der Waals surface area contributed by atoms with Crippen LogP contribution in [0.1, 0.15) is 29.2 Å². The van der Waals surface area contributed by atoms with Crippen LogP contribution in [0.15, 0.2) is 194 Å². The molecule has 0 aliphatic heterocycles. The van der Waals surface area contributed by atoms with Crippen molar-refractivity contribution in [2.75, 3.05) is 0 Å². The first-order valence-electron chi connectivity index (χ1n) is 20.8. The topological polar surface area (TPSA) is 77.3 Å². The summed E-state index contributed by atoms with van der Waals surface area (Å²) in [7, 11) is 0. The molecule has 0 radical (unpaired) electrons. The Labute approximate surface area is 352 Å². The van der Waals surface area contributed by atoms with Gasteiger partial charge in [-0.2, -0.15) is 0 Å². The molecule has 0 bridgehead atoms. The van der Waals surface area contributed by atoms with Gasteiger partial charge in [-0.05, 0) is 86.3 Å². The van der Waals surface area contributed by atoms with Crippen LogP contribution in [-0.4, -0.2) is 29.9 Å². The van der Waals surface area contributed by atoms with E-state index in [1.165, 1.54) is 22.1 Å². The van der Waals surface area contributed by atoms with Gasteiger partial charge in [-0.15, -0.1) is 0 Å². The van der Waals surface area contributed by atoms with E-state index in [4.69, 9.17) is 29.9 Å². The third kappa shape index (κ3) is 5.95. The van der Waals surface area contributed by atoms with Gasteiger partial charge in [-0.3, -0.25) is 15.0 Å². The van der Waals surface area contributed by atoms with E-state index in [-0.39, 0.29) is 5.92 Å². The maximum absolute atomic E-state index is 5.38. The zero-order valence-corrected chi connectivity index (χ0v) is 33.1. The number of fused-ring (bicyclic) bond motifs is 8. The standard InChI is InChI=1S/C55H36N6/c1-2-13-34(14-3-1)31-50-59-54(46-24-8-18-38-40(46)20-6-22-42(38)48-32-35-15-4-5-17-37(35)52-44(48)26-11-29-57-52)61-55(60-50)47-25-9-19-39-41(47)21-7-23-43(39)49-33-36-16-10-28-56-51(36)53-45(49)27-12-30-58-53/h1-17,19-30,32-33,38H,18,31H2. The summed E-state index contributed by atoms with van der Waals surface area (Å²) in [5.41, 5.74) is 11.9. The van der Waals surface area contributed by atoms with Crippen LogP contribution in [0.2, 0.25) is 0 Å². The largest absolute Gasteiger partial charge is 0.256 e. The normalized spacial score (nSPS) is 15.0. The Bertz CT molecular complexity index is 3550.